The highest BCUT2D eigenvalue weighted by atomic mass is 16.7. The van der Waals surface area contributed by atoms with Crippen LogP contribution >= 0.6 is 0 Å². The maximum absolute atomic E-state index is 14.3. The van der Waals surface area contributed by atoms with Crippen LogP contribution in [-0.2, 0) is 15.9 Å². The lowest BCUT2D eigenvalue weighted by Crippen LogP contribution is -2.60. The van der Waals surface area contributed by atoms with Gasteiger partial charge in [-0.05, 0) is 51.5 Å². The largest absolute Gasteiger partial charge is 0.507 e. The number of allylic oxidation sites excluding steroid dienone is 2. The van der Waals surface area contributed by atoms with Crippen LogP contribution in [0.5, 0.6) is 23.0 Å². The van der Waals surface area contributed by atoms with Gasteiger partial charge in [-0.1, -0.05) is 18.6 Å². The number of benzene rings is 2. The van der Waals surface area contributed by atoms with Crippen LogP contribution in [0.15, 0.2) is 51.2 Å². The minimum absolute atomic E-state index is 0.0815. The average molecular weight is 675 g/mol. The lowest BCUT2D eigenvalue weighted by Gasteiger charge is -2.40. The smallest absolute Gasteiger partial charge is 0.239 e. The molecule has 2 aliphatic heterocycles. The third kappa shape index (κ3) is 6.75. The zero-order valence-electron chi connectivity index (χ0n) is 27.1. The fourth-order valence-corrected chi connectivity index (χ4v) is 5.76. The Hall–Kier alpha value is -3.73. The van der Waals surface area contributed by atoms with Crippen LogP contribution in [-0.4, -0.2) is 105 Å². The van der Waals surface area contributed by atoms with Gasteiger partial charge in [0.25, 0.3) is 0 Å². The molecule has 3 heterocycles. The molecule has 10 atom stereocenters. The van der Waals surface area contributed by atoms with Crippen LogP contribution in [0.4, 0.5) is 0 Å². The first-order valence-corrected chi connectivity index (χ1v) is 15.6. The molecule has 2 aliphatic rings. The number of aliphatic hydroxyl groups excluding tert-OH is 6. The van der Waals surface area contributed by atoms with E-state index in [0.717, 1.165) is 11.6 Å². The van der Waals surface area contributed by atoms with Crippen molar-refractivity contribution < 1.29 is 63.8 Å². The Labute approximate surface area is 275 Å². The Kier molecular flexibility index (Phi) is 10.7. The number of rotatable bonds is 9. The summed E-state index contributed by atoms with van der Waals surface area (Å²) in [6.07, 6.45) is -10.5. The highest BCUT2D eigenvalue weighted by molar-refractivity contribution is 5.91. The van der Waals surface area contributed by atoms with E-state index in [1.54, 1.807) is 38.1 Å². The number of fused-ring (bicyclic) bond motifs is 1. The van der Waals surface area contributed by atoms with Gasteiger partial charge in [0.2, 0.25) is 23.8 Å². The Morgan fingerprint density at radius 3 is 2.19 bits per heavy atom. The van der Waals surface area contributed by atoms with E-state index in [9.17, 15) is 40.5 Å². The van der Waals surface area contributed by atoms with Crippen molar-refractivity contribution in [1.29, 1.82) is 0 Å². The van der Waals surface area contributed by atoms with Gasteiger partial charge in [0.15, 0.2) is 5.76 Å². The molecule has 0 aliphatic carbocycles. The molecule has 48 heavy (non-hydrogen) atoms. The summed E-state index contributed by atoms with van der Waals surface area (Å²) in [5.41, 5.74) is 0.599. The summed E-state index contributed by atoms with van der Waals surface area (Å²) in [4.78, 5) is 14.3. The van der Waals surface area contributed by atoms with E-state index in [0.29, 0.717) is 11.3 Å². The minimum Gasteiger partial charge on any atom is -0.507 e. The molecule has 2 aromatic carbocycles. The number of methoxy groups -OCH3 is 1. The van der Waals surface area contributed by atoms with E-state index in [1.165, 1.54) is 7.11 Å². The standard InChI is InChI=1S/C34H42O14/c1-14(2)6-11-19-21(45-34-29(42)28(41)26(39)22(13-35)46-34)12-20(36)23-27(40)32(48-33-25(38)15(3)24(37)16(4)44-33)30(47-31(19)23)17-7-9-18(43-5)10-8-17/h6-10,12,15-16,22,24-26,28-29,33-39,41-42H,11,13H2,1-5H3/t15-,16+,22-,24-,25-,26-,28+,29-,33+,34-/m1/s1. The molecule has 2 fully saturated rings. The molecule has 0 unspecified atom stereocenters. The third-order valence-electron chi connectivity index (χ3n) is 8.74. The van der Waals surface area contributed by atoms with Crippen LogP contribution in [0.2, 0.25) is 0 Å². The average Bonchev–Trinajstić information content (AvgIpc) is 3.06. The second kappa shape index (κ2) is 14.4. The van der Waals surface area contributed by atoms with Crippen molar-refractivity contribution in [3.63, 3.8) is 0 Å². The van der Waals surface area contributed by atoms with Gasteiger partial charge < -0.3 is 63.8 Å². The fraction of sp³-hybridized carbons (Fsp3) is 0.500. The zero-order chi connectivity index (χ0) is 35.0. The normalized spacial score (nSPS) is 30.6. The predicted octanol–water partition coefficient (Wildman–Crippen LogP) is 1.34. The Bertz CT molecular complexity index is 1680. The molecule has 0 spiro atoms. The van der Waals surface area contributed by atoms with Gasteiger partial charge in [-0.15, -0.1) is 0 Å². The number of ether oxygens (including phenoxy) is 5. The summed E-state index contributed by atoms with van der Waals surface area (Å²) >= 11 is 0. The summed E-state index contributed by atoms with van der Waals surface area (Å²) in [7, 11) is 1.49. The lowest BCUT2D eigenvalue weighted by atomic mass is 9.91. The summed E-state index contributed by atoms with van der Waals surface area (Å²) in [6.45, 7) is 6.24. The van der Waals surface area contributed by atoms with Crippen molar-refractivity contribution in [2.24, 2.45) is 5.92 Å². The molecule has 7 N–H and O–H groups in total. The van der Waals surface area contributed by atoms with Crippen LogP contribution in [0.25, 0.3) is 22.3 Å². The highest BCUT2D eigenvalue weighted by Crippen LogP contribution is 2.42. The molecule has 14 heteroatoms. The van der Waals surface area contributed by atoms with Crippen molar-refractivity contribution in [3.05, 3.63) is 57.8 Å². The van der Waals surface area contributed by atoms with Gasteiger partial charge in [0, 0.05) is 23.1 Å². The van der Waals surface area contributed by atoms with E-state index in [4.69, 9.17) is 28.1 Å². The molecule has 2 saturated heterocycles. The summed E-state index contributed by atoms with van der Waals surface area (Å²) in [6, 6.07) is 7.63. The summed E-state index contributed by atoms with van der Waals surface area (Å²) in [5.74, 6) is -1.28. The van der Waals surface area contributed by atoms with E-state index in [1.807, 2.05) is 19.9 Å². The number of hydrogen-bond donors (Lipinski definition) is 7. The van der Waals surface area contributed by atoms with Gasteiger partial charge in [0.1, 0.15) is 58.7 Å². The second-order valence-corrected chi connectivity index (χ2v) is 12.4. The first-order valence-electron chi connectivity index (χ1n) is 15.6. The fourth-order valence-electron chi connectivity index (χ4n) is 5.76. The first-order chi connectivity index (χ1) is 22.8. The molecule has 262 valence electrons. The van der Waals surface area contributed by atoms with Crippen LogP contribution in [0, 0.1) is 5.92 Å². The van der Waals surface area contributed by atoms with Crippen molar-refractivity contribution in [2.45, 2.75) is 89.4 Å². The monoisotopic (exact) mass is 674 g/mol. The van der Waals surface area contributed by atoms with E-state index in [-0.39, 0.29) is 40.2 Å². The molecule has 14 nitrogen and oxygen atoms in total. The molecule has 3 aromatic rings. The van der Waals surface area contributed by atoms with Crippen LogP contribution in [0.3, 0.4) is 0 Å². The topological polar surface area (TPSA) is 218 Å². The molecular formula is C34H42O14. The van der Waals surface area contributed by atoms with Gasteiger partial charge in [0.05, 0.1) is 25.9 Å². The molecule has 0 radical (unpaired) electrons. The van der Waals surface area contributed by atoms with E-state index < -0.39 is 79.0 Å². The minimum atomic E-state index is -1.75. The van der Waals surface area contributed by atoms with Crippen molar-refractivity contribution in [3.8, 4) is 34.3 Å². The molecule has 5 rings (SSSR count). The maximum atomic E-state index is 14.3. The van der Waals surface area contributed by atoms with Gasteiger partial charge >= 0.3 is 0 Å². The SMILES string of the molecule is COc1ccc(-c2oc3c(CC=C(C)C)c(O[C@@H]4O[C@H](CO)[C@@H](O)[C@H](O)[C@H]4O)cc(O)c3c(=O)c2O[C@@H]2O[C@@H](C)[C@H](O)[C@@H](C)[C@H]2O)cc1. The predicted molar refractivity (Wildman–Crippen MR) is 170 cm³/mol. The Balaban J connectivity index is 1.71. The number of phenols is 1. The maximum Gasteiger partial charge on any atom is 0.239 e. The molecule has 1 aromatic heterocycles. The van der Waals surface area contributed by atoms with Crippen molar-refractivity contribution in [2.75, 3.05) is 13.7 Å². The van der Waals surface area contributed by atoms with E-state index >= 15 is 0 Å². The lowest BCUT2D eigenvalue weighted by molar-refractivity contribution is -0.277. The number of hydrogen-bond acceptors (Lipinski definition) is 14. The quantitative estimate of drug-likeness (QED) is 0.160. The number of aliphatic hydroxyl groups is 6. The summed E-state index contributed by atoms with van der Waals surface area (Å²) in [5, 5.41) is 73.2. The zero-order valence-corrected chi connectivity index (χ0v) is 27.1. The molecule has 0 amide bonds. The number of phenolic OH excluding ortho intramolecular Hbond substituents is 1. The van der Waals surface area contributed by atoms with Crippen LogP contribution in [0.1, 0.15) is 33.3 Å². The molecule has 0 saturated carbocycles. The van der Waals surface area contributed by atoms with Gasteiger partial charge in [-0.25, -0.2) is 0 Å². The van der Waals surface area contributed by atoms with Gasteiger partial charge in [-0.3, -0.25) is 4.79 Å². The first kappa shape index (κ1) is 35.6. The highest BCUT2D eigenvalue weighted by Gasteiger charge is 2.45. The Morgan fingerprint density at radius 1 is 0.896 bits per heavy atom. The van der Waals surface area contributed by atoms with E-state index in [2.05, 4.69) is 0 Å². The third-order valence-corrected chi connectivity index (χ3v) is 8.74. The van der Waals surface area contributed by atoms with Crippen molar-refractivity contribution >= 4 is 11.0 Å². The number of aromatic hydroxyl groups is 1. The van der Waals surface area contributed by atoms with Gasteiger partial charge in [-0.2, -0.15) is 0 Å². The summed E-state index contributed by atoms with van der Waals surface area (Å²) < 4.78 is 35.0. The van der Waals surface area contributed by atoms with Crippen molar-refractivity contribution in [1.82, 2.24) is 0 Å². The second-order valence-electron chi connectivity index (χ2n) is 12.4. The molecule has 0 bridgehead atoms. The Morgan fingerprint density at radius 2 is 1.56 bits per heavy atom. The molecular weight excluding hydrogens is 632 g/mol. The van der Waals surface area contributed by atoms with Crippen LogP contribution < -0.4 is 19.6 Å².